The van der Waals surface area contributed by atoms with Crippen LogP contribution in [0.25, 0.3) is 10.9 Å². The van der Waals surface area contributed by atoms with E-state index in [1.54, 1.807) is 42.6 Å². The molecular weight excluding hydrogens is 957 g/mol. The molecule has 1 aromatic heterocycles. The number of nitrogens with zero attached hydrogens (tertiary/aromatic N) is 1. The second-order valence-corrected chi connectivity index (χ2v) is 20.1. The van der Waals surface area contributed by atoms with Crippen LogP contribution in [-0.4, -0.2) is 106 Å². The van der Waals surface area contributed by atoms with Crippen molar-refractivity contribution in [3.05, 3.63) is 120 Å². The number of aliphatic imine (C=N–C) groups is 1. The number of benzene rings is 3. The van der Waals surface area contributed by atoms with E-state index in [2.05, 4.69) is 48.5 Å². The maximum absolute atomic E-state index is 15.2. The zero-order valence-electron chi connectivity index (χ0n) is 42.2. The quantitative estimate of drug-likeness (QED) is 0.0176. The second-order valence-electron chi connectivity index (χ2n) is 20.1. The predicted molar refractivity (Wildman–Crippen MR) is 283 cm³/mol. The Morgan fingerprint density at radius 2 is 1.33 bits per heavy atom. The molecule has 7 rings (SSSR count). The van der Waals surface area contributed by atoms with Gasteiger partial charge in [-0.05, 0) is 99.4 Å². The number of hydrogen-bond donors (Lipinski definition) is 11. The van der Waals surface area contributed by atoms with Gasteiger partial charge in [-0.15, -0.1) is 6.58 Å². The lowest BCUT2D eigenvalue weighted by atomic mass is 9.73. The largest absolute Gasteiger partial charge is 0.370 e. The summed E-state index contributed by atoms with van der Waals surface area (Å²) in [5, 5.41) is 18.0. The molecule has 1 heterocycles. The molecule has 3 fully saturated rings. The van der Waals surface area contributed by atoms with Crippen LogP contribution in [0.3, 0.4) is 0 Å². The molecule has 6 atom stereocenters. The Kier molecular flexibility index (Phi) is 17.9. The van der Waals surface area contributed by atoms with E-state index >= 15 is 4.79 Å². The van der Waals surface area contributed by atoms with Crippen molar-refractivity contribution in [2.24, 2.45) is 33.3 Å². The summed E-state index contributed by atoms with van der Waals surface area (Å²) in [7, 11) is 0. The summed E-state index contributed by atoms with van der Waals surface area (Å²) >= 11 is 0. The van der Waals surface area contributed by atoms with Crippen molar-refractivity contribution in [2.45, 2.75) is 131 Å². The predicted octanol–water partition coefficient (Wildman–Crippen LogP) is 1.57. The number of allylic oxidation sites excluding steroid dienone is 1. The Labute approximate surface area is 435 Å². The van der Waals surface area contributed by atoms with Gasteiger partial charge in [-0.2, -0.15) is 0 Å². The third-order valence-corrected chi connectivity index (χ3v) is 14.9. The van der Waals surface area contributed by atoms with E-state index in [1.165, 1.54) is 0 Å². The van der Waals surface area contributed by atoms with Crippen LogP contribution >= 0.6 is 0 Å². The molecule has 0 bridgehead atoms. The topological polar surface area (TPSA) is 341 Å². The summed E-state index contributed by atoms with van der Waals surface area (Å²) in [6.45, 7) is 4.01. The van der Waals surface area contributed by atoms with E-state index in [4.69, 9.17) is 22.9 Å². The van der Waals surface area contributed by atoms with Gasteiger partial charge in [-0.25, -0.2) is 0 Å². The van der Waals surface area contributed by atoms with Crippen LogP contribution in [0, 0.1) is 5.41 Å². The summed E-state index contributed by atoms with van der Waals surface area (Å²) in [4.78, 5) is 120. The summed E-state index contributed by atoms with van der Waals surface area (Å²) < 4.78 is 0. The normalized spacial score (nSPS) is 22.0. The average molecular weight is 1030 g/mol. The standard InChI is InChI=1S/C55H70N12O8/c1-2-3-22-45(69)66-55(33-53(55)31-44(53)68)51(75)67-54(25-23-36(24-26-54)35-16-8-5-9-17-35)50(74)65-42(29-34-14-6-4-7-15-34)48(72)63-41(21-13-28-60-52(58)59)47(71)64-43(49(73)62-40(46(57)70)20-12-27-56)30-37-32-61-39-19-11-10-18-38(37)39/h2,4-11,14-19,32,36,40-43,61H,1,3,12-13,20-31,33,56H2,(H2,57,70)(H,62,73)(H,63,72)(H,64,71)(H,65,74)(H,66,69)(H,67,75)(H4,58,59,60)/t36?,40-,41-,42+,43-,53?,54?,55?/m0/s1. The molecular formula is C55H70N12O8. The average Bonchev–Trinajstić information content (AvgIpc) is 4.37. The lowest BCUT2D eigenvalue weighted by Gasteiger charge is -2.41. The van der Waals surface area contributed by atoms with Gasteiger partial charge in [0.25, 0.3) is 0 Å². The highest BCUT2D eigenvalue weighted by Gasteiger charge is 2.85. The van der Waals surface area contributed by atoms with Gasteiger partial charge in [0.15, 0.2) is 5.96 Å². The number of nitrogens with one attached hydrogen (secondary N) is 7. The number of amides is 7. The Morgan fingerprint density at radius 3 is 1.96 bits per heavy atom. The molecule has 3 saturated carbocycles. The first-order valence-electron chi connectivity index (χ1n) is 25.7. The van der Waals surface area contributed by atoms with Crippen molar-refractivity contribution in [3.63, 3.8) is 0 Å². The van der Waals surface area contributed by atoms with Gasteiger partial charge in [0.2, 0.25) is 41.4 Å². The number of aromatic amines is 1. The number of nitrogens with two attached hydrogens (primary N) is 4. The number of hydrogen-bond acceptors (Lipinski definition) is 10. The van der Waals surface area contributed by atoms with Crippen LogP contribution in [-0.2, 0) is 51.2 Å². The van der Waals surface area contributed by atoms with Gasteiger partial charge in [-0.3, -0.25) is 43.3 Å². The Bertz CT molecular complexity index is 2770. The number of carbonyl (C=O) groups excluding carboxylic acids is 8. The minimum Gasteiger partial charge on any atom is -0.370 e. The summed E-state index contributed by atoms with van der Waals surface area (Å²) in [6, 6.07) is 21.1. The van der Waals surface area contributed by atoms with Crippen LogP contribution in [0.1, 0.15) is 99.7 Å². The Hall–Kier alpha value is -7.87. The SMILES string of the molecule is C=CCCC(=O)NC1(C(=O)NC2(C(=O)N[C@H](Cc3ccccc3)C(=O)N[C@@H](CCCN=C(N)N)C(=O)N[C@@H](Cc3c[nH]c4ccccc34)C(=O)N[C@@H](CCCN)C(N)=O)CCC(c3ccccc3)CC2)CC12CC2=O. The van der Waals surface area contributed by atoms with Crippen LogP contribution in [0.5, 0.6) is 0 Å². The van der Waals surface area contributed by atoms with Crippen LogP contribution in [0.15, 0.2) is 109 Å². The molecule has 75 heavy (non-hydrogen) atoms. The maximum atomic E-state index is 15.2. The minimum atomic E-state index is -1.59. The summed E-state index contributed by atoms with van der Waals surface area (Å²) in [5.41, 5.74) is 21.7. The molecule has 0 saturated heterocycles. The highest BCUT2D eigenvalue weighted by molar-refractivity contribution is 6.16. The van der Waals surface area contributed by atoms with Crippen molar-refractivity contribution < 1.29 is 38.4 Å². The molecule has 3 aliphatic carbocycles. The van der Waals surface area contributed by atoms with E-state index in [-0.39, 0.29) is 95.0 Å². The van der Waals surface area contributed by atoms with Gasteiger partial charge >= 0.3 is 0 Å². The highest BCUT2D eigenvalue weighted by atomic mass is 16.2. The van der Waals surface area contributed by atoms with Crippen molar-refractivity contribution >= 4 is 64.0 Å². The number of guanidine groups is 1. The van der Waals surface area contributed by atoms with E-state index in [0.717, 1.165) is 16.5 Å². The minimum absolute atomic E-state index is 0.0237. The van der Waals surface area contributed by atoms with E-state index in [1.807, 2.05) is 54.6 Å². The molecule has 15 N–H and O–H groups in total. The number of Topliss-reactive ketones (excluding diaryl/α,β-unsaturated/α-hetero) is 1. The van der Waals surface area contributed by atoms with Gasteiger partial charge in [0, 0.05) is 49.3 Å². The number of fused-ring (bicyclic) bond motifs is 1. The number of H-pyrrole nitrogens is 1. The van der Waals surface area contributed by atoms with Crippen LogP contribution < -0.4 is 54.8 Å². The van der Waals surface area contributed by atoms with E-state index in [0.29, 0.717) is 36.8 Å². The lowest BCUT2D eigenvalue weighted by Crippen LogP contribution is -2.66. The molecule has 1 spiro atoms. The smallest absolute Gasteiger partial charge is 0.247 e. The molecule has 3 aromatic carbocycles. The Balaban J connectivity index is 1.18. The lowest BCUT2D eigenvalue weighted by molar-refractivity contribution is -0.140. The van der Waals surface area contributed by atoms with Gasteiger partial charge < -0.3 is 59.8 Å². The summed E-state index contributed by atoms with van der Waals surface area (Å²) in [5.74, 6) is -5.01. The fourth-order valence-electron chi connectivity index (χ4n) is 10.4. The third kappa shape index (κ3) is 13.3. The van der Waals surface area contributed by atoms with Gasteiger partial charge in [0.1, 0.15) is 41.0 Å². The van der Waals surface area contributed by atoms with Gasteiger partial charge in [-0.1, -0.05) is 84.9 Å². The number of para-hydroxylation sites is 1. The fraction of sp³-hybridized carbons (Fsp3) is 0.436. The number of aromatic nitrogens is 1. The highest BCUT2D eigenvalue weighted by Crippen LogP contribution is 2.70. The number of primary amides is 1. The second kappa shape index (κ2) is 24.4. The monoisotopic (exact) mass is 1030 g/mol. The fourth-order valence-corrected chi connectivity index (χ4v) is 10.4. The molecule has 398 valence electrons. The van der Waals surface area contributed by atoms with Crippen LogP contribution in [0.4, 0.5) is 0 Å². The van der Waals surface area contributed by atoms with E-state index < -0.39 is 82.0 Å². The first-order valence-corrected chi connectivity index (χ1v) is 25.7. The third-order valence-electron chi connectivity index (χ3n) is 14.9. The molecule has 0 radical (unpaired) electrons. The molecule has 20 nitrogen and oxygen atoms in total. The van der Waals surface area contributed by atoms with Crippen molar-refractivity contribution in [2.75, 3.05) is 13.1 Å². The van der Waals surface area contributed by atoms with Crippen LogP contribution in [0.2, 0.25) is 0 Å². The molecule has 7 amide bonds. The number of rotatable bonds is 27. The molecule has 20 heteroatoms. The van der Waals surface area contributed by atoms with Crippen molar-refractivity contribution in [1.82, 2.24) is 36.9 Å². The van der Waals surface area contributed by atoms with Gasteiger partial charge in [0.05, 0.1) is 5.41 Å². The van der Waals surface area contributed by atoms with E-state index in [9.17, 15) is 33.6 Å². The number of carbonyl (C=O) groups is 8. The zero-order chi connectivity index (χ0) is 53.8. The Morgan fingerprint density at radius 1 is 0.733 bits per heavy atom. The van der Waals surface area contributed by atoms with Crippen molar-refractivity contribution in [1.29, 1.82) is 0 Å². The molecule has 3 aliphatic rings. The first-order chi connectivity index (χ1) is 36.0. The molecule has 2 unspecified atom stereocenters. The molecule has 0 aliphatic heterocycles. The van der Waals surface area contributed by atoms with Crippen molar-refractivity contribution in [3.8, 4) is 0 Å². The number of ketones is 1. The first kappa shape index (κ1) is 54.9. The zero-order valence-corrected chi connectivity index (χ0v) is 42.2. The molecule has 4 aromatic rings. The maximum Gasteiger partial charge on any atom is 0.247 e. The summed E-state index contributed by atoms with van der Waals surface area (Å²) in [6.07, 6.45) is 5.87.